The van der Waals surface area contributed by atoms with Gasteiger partial charge in [-0.2, -0.15) is 0 Å². The molecule has 0 unspecified atom stereocenters. The molecule has 0 radical (unpaired) electrons. The highest BCUT2D eigenvalue weighted by molar-refractivity contribution is 8.18. The Morgan fingerprint density at radius 2 is 2.09 bits per heavy atom. The number of benzene rings is 1. The summed E-state index contributed by atoms with van der Waals surface area (Å²) in [6, 6.07) is 8.00. The second-order valence-electron chi connectivity index (χ2n) is 4.86. The molecule has 0 N–H and O–H groups in total. The van der Waals surface area contributed by atoms with Gasteiger partial charge in [0.15, 0.2) is 0 Å². The quantitative estimate of drug-likeness (QED) is 0.645. The summed E-state index contributed by atoms with van der Waals surface area (Å²) >= 11 is 0.936. The molecule has 2 aromatic rings. The summed E-state index contributed by atoms with van der Waals surface area (Å²) < 4.78 is 2.12. The molecule has 5 heteroatoms. The zero-order valence-corrected chi connectivity index (χ0v) is 12.9. The van der Waals surface area contributed by atoms with E-state index in [0.29, 0.717) is 4.91 Å². The lowest BCUT2D eigenvalue weighted by molar-refractivity contribution is -0.122. The van der Waals surface area contributed by atoms with E-state index in [9.17, 15) is 9.59 Å². The largest absolute Gasteiger partial charge is 0.347 e. The van der Waals surface area contributed by atoms with Gasteiger partial charge >= 0.3 is 0 Å². The number of carbonyl (C=O) groups excluding carboxylic acids is 2. The first-order chi connectivity index (χ1) is 10.7. The maximum atomic E-state index is 12.2. The van der Waals surface area contributed by atoms with Crippen LogP contribution in [0.1, 0.15) is 12.5 Å². The topological polar surface area (TPSA) is 42.3 Å². The van der Waals surface area contributed by atoms with Crippen LogP contribution in [0.4, 0.5) is 4.79 Å². The molecular weight excluding hydrogens is 296 g/mol. The number of aromatic nitrogens is 1. The van der Waals surface area contributed by atoms with Crippen LogP contribution >= 0.6 is 11.8 Å². The minimum atomic E-state index is -0.318. The van der Waals surface area contributed by atoms with Gasteiger partial charge in [-0.05, 0) is 30.8 Å². The van der Waals surface area contributed by atoms with Crippen LogP contribution in [0.15, 0.2) is 35.4 Å². The second kappa shape index (κ2) is 5.74. The van der Waals surface area contributed by atoms with Crippen LogP contribution in [-0.2, 0) is 11.3 Å². The highest BCUT2D eigenvalue weighted by atomic mass is 32.2. The molecule has 0 atom stereocenters. The maximum absolute atomic E-state index is 12.2. The summed E-state index contributed by atoms with van der Waals surface area (Å²) in [4.78, 5) is 25.6. The summed E-state index contributed by atoms with van der Waals surface area (Å²) in [5, 5.41) is 0.751. The van der Waals surface area contributed by atoms with E-state index in [0.717, 1.165) is 39.7 Å². The van der Waals surface area contributed by atoms with Crippen molar-refractivity contribution >= 4 is 39.9 Å². The first-order valence-corrected chi connectivity index (χ1v) is 7.74. The van der Waals surface area contributed by atoms with E-state index < -0.39 is 0 Å². The average molecular weight is 310 g/mol. The van der Waals surface area contributed by atoms with Crippen LogP contribution in [0, 0.1) is 12.3 Å². The summed E-state index contributed by atoms with van der Waals surface area (Å²) in [6.07, 6.45) is 8.97. The highest BCUT2D eigenvalue weighted by Crippen LogP contribution is 2.33. The molecule has 110 valence electrons. The molecule has 4 nitrogen and oxygen atoms in total. The Kier molecular flexibility index (Phi) is 3.78. The van der Waals surface area contributed by atoms with Gasteiger partial charge in [-0.15, -0.1) is 6.42 Å². The molecule has 1 fully saturated rings. The molecule has 0 spiro atoms. The minimum Gasteiger partial charge on any atom is -0.347 e. The van der Waals surface area contributed by atoms with Crippen LogP contribution in [0.25, 0.3) is 17.0 Å². The molecule has 1 aliphatic rings. The van der Waals surface area contributed by atoms with Gasteiger partial charge in [0.05, 0.1) is 11.4 Å². The van der Waals surface area contributed by atoms with Crippen molar-refractivity contribution in [2.45, 2.75) is 13.5 Å². The normalized spacial score (nSPS) is 16.7. The number of carbonyl (C=O) groups is 2. The molecule has 1 aromatic carbocycles. The van der Waals surface area contributed by atoms with Crippen molar-refractivity contribution in [3.8, 4) is 12.3 Å². The third kappa shape index (κ3) is 2.32. The smallest absolute Gasteiger partial charge is 0.294 e. The van der Waals surface area contributed by atoms with Crippen LogP contribution in [0.3, 0.4) is 0 Å². The molecule has 2 amide bonds. The fraction of sp³-hybridized carbons (Fsp3) is 0.176. The summed E-state index contributed by atoms with van der Waals surface area (Å²) in [5.74, 6) is 2.02. The summed E-state index contributed by atoms with van der Waals surface area (Å²) in [6.45, 7) is 2.92. The monoisotopic (exact) mass is 310 g/mol. The highest BCUT2D eigenvalue weighted by Gasteiger charge is 2.34. The van der Waals surface area contributed by atoms with Crippen molar-refractivity contribution in [3.63, 3.8) is 0 Å². The number of rotatable bonds is 3. The lowest BCUT2D eigenvalue weighted by Gasteiger charge is -2.06. The predicted molar refractivity (Wildman–Crippen MR) is 89.1 cm³/mol. The van der Waals surface area contributed by atoms with Gasteiger partial charge in [-0.1, -0.05) is 24.1 Å². The van der Waals surface area contributed by atoms with Crippen molar-refractivity contribution in [3.05, 3.63) is 40.9 Å². The molecule has 22 heavy (non-hydrogen) atoms. The lowest BCUT2D eigenvalue weighted by atomic mass is 10.1. The van der Waals surface area contributed by atoms with E-state index in [-0.39, 0.29) is 17.7 Å². The first-order valence-electron chi connectivity index (χ1n) is 6.92. The predicted octanol–water partition coefficient (Wildman–Crippen LogP) is 3.33. The first kappa shape index (κ1) is 14.5. The Balaban J connectivity index is 2.05. The van der Waals surface area contributed by atoms with Crippen molar-refractivity contribution in [2.24, 2.45) is 0 Å². The fourth-order valence-electron chi connectivity index (χ4n) is 2.52. The number of amides is 2. The number of aryl methyl sites for hydroxylation is 1. The summed E-state index contributed by atoms with van der Waals surface area (Å²) in [7, 11) is 0. The van der Waals surface area contributed by atoms with E-state index in [2.05, 4.69) is 17.4 Å². The summed E-state index contributed by atoms with van der Waals surface area (Å²) in [5.41, 5.74) is 2.04. The van der Waals surface area contributed by atoms with Crippen LogP contribution in [-0.4, -0.2) is 27.2 Å². The van der Waals surface area contributed by atoms with Crippen molar-refractivity contribution in [1.82, 2.24) is 9.47 Å². The molecule has 1 saturated heterocycles. The van der Waals surface area contributed by atoms with E-state index in [1.165, 1.54) is 0 Å². The maximum Gasteiger partial charge on any atom is 0.294 e. The van der Waals surface area contributed by atoms with Gasteiger partial charge in [0, 0.05) is 29.2 Å². The number of hydrogen-bond acceptors (Lipinski definition) is 3. The molecule has 0 saturated carbocycles. The molecular formula is C17H14N2O2S. The zero-order valence-electron chi connectivity index (χ0n) is 12.1. The fourth-order valence-corrected chi connectivity index (χ4v) is 3.35. The number of hydrogen-bond donors (Lipinski definition) is 0. The SMILES string of the molecule is C#CCN1C(=O)S/C(=C/c2cn(CC)c3ccccc23)C1=O. The molecule has 0 bridgehead atoms. The Bertz CT molecular complexity index is 842. The van der Waals surface area contributed by atoms with Crippen molar-refractivity contribution < 1.29 is 9.59 Å². The second-order valence-corrected chi connectivity index (χ2v) is 5.85. The standard InChI is InChI=1S/C17H14N2O2S/c1-3-9-19-16(20)15(22-17(19)21)10-12-11-18(4-2)14-8-6-5-7-13(12)14/h1,5-8,10-11H,4,9H2,2H3/b15-10+. The van der Waals surface area contributed by atoms with Gasteiger partial charge < -0.3 is 4.57 Å². The van der Waals surface area contributed by atoms with Crippen molar-refractivity contribution in [1.29, 1.82) is 0 Å². The third-order valence-electron chi connectivity index (χ3n) is 3.57. The van der Waals surface area contributed by atoms with Gasteiger partial charge in [-0.3, -0.25) is 14.5 Å². The van der Waals surface area contributed by atoms with E-state index in [1.54, 1.807) is 6.08 Å². The average Bonchev–Trinajstić information content (AvgIpc) is 3.01. The minimum absolute atomic E-state index is 0.0126. The van der Waals surface area contributed by atoms with Gasteiger partial charge in [0.2, 0.25) is 0 Å². The number of imide groups is 1. The number of nitrogens with zero attached hydrogens (tertiary/aromatic N) is 2. The number of thioether (sulfide) groups is 1. The van der Waals surface area contributed by atoms with Gasteiger partial charge in [0.1, 0.15) is 0 Å². The number of para-hydroxylation sites is 1. The molecule has 2 heterocycles. The van der Waals surface area contributed by atoms with Crippen LogP contribution in [0.5, 0.6) is 0 Å². The Morgan fingerprint density at radius 3 is 2.82 bits per heavy atom. The Labute approximate surface area is 132 Å². The molecule has 0 aliphatic carbocycles. The van der Waals surface area contributed by atoms with Gasteiger partial charge in [-0.25, -0.2) is 0 Å². The van der Waals surface area contributed by atoms with Crippen LogP contribution < -0.4 is 0 Å². The van der Waals surface area contributed by atoms with E-state index in [4.69, 9.17) is 6.42 Å². The van der Waals surface area contributed by atoms with Crippen LogP contribution in [0.2, 0.25) is 0 Å². The molecule has 3 rings (SSSR count). The molecule has 1 aromatic heterocycles. The van der Waals surface area contributed by atoms with Gasteiger partial charge in [0.25, 0.3) is 11.1 Å². The van der Waals surface area contributed by atoms with E-state index >= 15 is 0 Å². The third-order valence-corrected chi connectivity index (χ3v) is 4.48. The van der Waals surface area contributed by atoms with E-state index in [1.807, 2.05) is 30.5 Å². The lowest BCUT2D eigenvalue weighted by Crippen LogP contribution is -2.28. The molecule has 1 aliphatic heterocycles. The number of terminal acetylenes is 1. The Morgan fingerprint density at radius 1 is 1.32 bits per heavy atom. The number of fused-ring (bicyclic) bond motifs is 1. The Hall–Kier alpha value is -2.45. The zero-order chi connectivity index (χ0) is 15.7. The van der Waals surface area contributed by atoms with Crippen molar-refractivity contribution in [2.75, 3.05) is 6.54 Å².